The minimum Gasteiger partial charge on any atom is -0.389 e. The Morgan fingerprint density at radius 3 is 2.80 bits per heavy atom. The van der Waals surface area contributed by atoms with Gasteiger partial charge in [-0.25, -0.2) is 4.39 Å². The van der Waals surface area contributed by atoms with Gasteiger partial charge >= 0.3 is 0 Å². The standard InChI is InChI=1S/C11H15FN2S/c1-3-7(2)14-9-6-4-5-8(12)10(9)11(13)15/h4-7,14H,3H2,1-2H3,(H2,13,15). The third-order valence-corrected chi connectivity index (χ3v) is 2.48. The van der Waals surface area contributed by atoms with Gasteiger partial charge in [0.25, 0.3) is 0 Å². The molecule has 4 heteroatoms. The molecular formula is C11H15FN2S. The highest BCUT2D eigenvalue weighted by atomic mass is 32.1. The van der Waals surface area contributed by atoms with Crippen LogP contribution in [0.1, 0.15) is 25.8 Å². The van der Waals surface area contributed by atoms with Crippen molar-refractivity contribution in [2.45, 2.75) is 26.3 Å². The summed E-state index contributed by atoms with van der Waals surface area (Å²) in [4.78, 5) is 0.0823. The van der Waals surface area contributed by atoms with E-state index in [9.17, 15) is 4.39 Å². The zero-order chi connectivity index (χ0) is 11.4. The lowest BCUT2D eigenvalue weighted by Crippen LogP contribution is -2.19. The summed E-state index contributed by atoms with van der Waals surface area (Å²) in [6.45, 7) is 4.08. The lowest BCUT2D eigenvalue weighted by molar-refractivity contribution is 0.625. The molecule has 2 nitrogen and oxygen atoms in total. The monoisotopic (exact) mass is 226 g/mol. The maximum absolute atomic E-state index is 13.4. The number of thiocarbonyl (C=S) groups is 1. The fourth-order valence-electron chi connectivity index (χ4n) is 1.26. The van der Waals surface area contributed by atoms with Gasteiger partial charge in [0.15, 0.2) is 0 Å². The molecule has 0 fully saturated rings. The molecule has 15 heavy (non-hydrogen) atoms. The van der Waals surface area contributed by atoms with Crippen molar-refractivity contribution in [3.05, 3.63) is 29.6 Å². The molecule has 1 rings (SSSR count). The molecule has 0 aromatic heterocycles. The van der Waals surface area contributed by atoms with E-state index in [-0.39, 0.29) is 16.8 Å². The van der Waals surface area contributed by atoms with Crippen molar-refractivity contribution in [2.24, 2.45) is 5.73 Å². The van der Waals surface area contributed by atoms with Crippen LogP contribution in [-0.2, 0) is 0 Å². The lowest BCUT2D eigenvalue weighted by Gasteiger charge is -2.16. The fourth-order valence-corrected chi connectivity index (χ4v) is 1.47. The maximum atomic E-state index is 13.4. The molecule has 0 heterocycles. The first-order valence-electron chi connectivity index (χ1n) is 4.91. The maximum Gasteiger partial charge on any atom is 0.135 e. The number of halogens is 1. The van der Waals surface area contributed by atoms with E-state index in [0.717, 1.165) is 6.42 Å². The van der Waals surface area contributed by atoms with Crippen molar-refractivity contribution >= 4 is 22.9 Å². The number of anilines is 1. The Balaban J connectivity index is 3.06. The molecule has 0 bridgehead atoms. The van der Waals surface area contributed by atoms with E-state index >= 15 is 0 Å². The lowest BCUT2D eigenvalue weighted by atomic mass is 10.1. The molecule has 0 amide bonds. The summed E-state index contributed by atoms with van der Waals surface area (Å²) in [5.74, 6) is -0.379. The molecule has 0 aliphatic carbocycles. The van der Waals surface area contributed by atoms with Gasteiger partial charge in [-0.2, -0.15) is 0 Å². The van der Waals surface area contributed by atoms with Gasteiger partial charge < -0.3 is 11.1 Å². The van der Waals surface area contributed by atoms with E-state index in [1.165, 1.54) is 6.07 Å². The minimum absolute atomic E-state index is 0.0823. The Morgan fingerprint density at radius 2 is 2.27 bits per heavy atom. The molecule has 0 spiro atoms. The van der Waals surface area contributed by atoms with Crippen molar-refractivity contribution in [3.63, 3.8) is 0 Å². The summed E-state index contributed by atoms with van der Waals surface area (Å²) in [7, 11) is 0. The van der Waals surface area contributed by atoms with Crippen LogP contribution < -0.4 is 11.1 Å². The molecule has 0 saturated carbocycles. The Kier molecular flexibility index (Phi) is 4.03. The zero-order valence-electron chi connectivity index (χ0n) is 8.88. The number of hydrogen-bond acceptors (Lipinski definition) is 2. The van der Waals surface area contributed by atoms with Gasteiger partial charge in [-0.15, -0.1) is 0 Å². The normalized spacial score (nSPS) is 12.2. The van der Waals surface area contributed by atoms with Gasteiger partial charge in [-0.1, -0.05) is 25.2 Å². The summed E-state index contributed by atoms with van der Waals surface area (Å²) < 4.78 is 13.4. The van der Waals surface area contributed by atoms with Gasteiger partial charge in [-0.05, 0) is 25.5 Å². The molecule has 0 aliphatic heterocycles. The summed E-state index contributed by atoms with van der Waals surface area (Å²) in [5.41, 5.74) is 6.45. The highest BCUT2D eigenvalue weighted by molar-refractivity contribution is 7.80. The summed E-state index contributed by atoms with van der Waals surface area (Å²) >= 11 is 4.82. The van der Waals surface area contributed by atoms with Crippen molar-refractivity contribution in [1.29, 1.82) is 0 Å². The van der Waals surface area contributed by atoms with Gasteiger partial charge in [-0.3, -0.25) is 0 Å². The molecule has 0 radical (unpaired) electrons. The van der Waals surface area contributed by atoms with Crippen LogP contribution in [0.25, 0.3) is 0 Å². The van der Waals surface area contributed by atoms with Crippen LogP contribution in [0.15, 0.2) is 18.2 Å². The van der Waals surface area contributed by atoms with Crippen LogP contribution in [-0.4, -0.2) is 11.0 Å². The Hall–Kier alpha value is -1.16. The number of hydrogen-bond donors (Lipinski definition) is 2. The smallest absolute Gasteiger partial charge is 0.135 e. The summed E-state index contributed by atoms with van der Waals surface area (Å²) in [6, 6.07) is 5.04. The minimum atomic E-state index is -0.379. The van der Waals surface area contributed by atoms with Crippen LogP contribution in [0.5, 0.6) is 0 Å². The average molecular weight is 226 g/mol. The second-order valence-electron chi connectivity index (χ2n) is 3.48. The predicted octanol–water partition coefficient (Wildman–Crippen LogP) is 2.67. The summed E-state index contributed by atoms with van der Waals surface area (Å²) in [6.07, 6.45) is 0.952. The van der Waals surface area contributed by atoms with Crippen LogP contribution in [0.2, 0.25) is 0 Å². The first-order valence-corrected chi connectivity index (χ1v) is 5.32. The Labute approximate surface area is 94.7 Å². The van der Waals surface area contributed by atoms with E-state index in [1.54, 1.807) is 12.1 Å². The molecular weight excluding hydrogens is 211 g/mol. The number of benzene rings is 1. The number of rotatable bonds is 4. The van der Waals surface area contributed by atoms with E-state index in [1.807, 2.05) is 6.92 Å². The van der Waals surface area contributed by atoms with E-state index in [2.05, 4.69) is 12.2 Å². The molecule has 1 aromatic carbocycles. The molecule has 1 aromatic rings. The Bertz CT molecular complexity index is 366. The SMILES string of the molecule is CCC(C)Nc1cccc(F)c1C(N)=S. The van der Waals surface area contributed by atoms with Crippen LogP contribution in [0.4, 0.5) is 10.1 Å². The summed E-state index contributed by atoms with van der Waals surface area (Å²) in [5, 5.41) is 3.17. The third-order valence-electron chi connectivity index (χ3n) is 2.27. The number of nitrogens with one attached hydrogen (secondary N) is 1. The topological polar surface area (TPSA) is 38.0 Å². The van der Waals surface area contributed by atoms with E-state index < -0.39 is 0 Å². The van der Waals surface area contributed by atoms with Crippen molar-refractivity contribution in [2.75, 3.05) is 5.32 Å². The molecule has 1 atom stereocenters. The molecule has 82 valence electrons. The molecule has 0 saturated heterocycles. The zero-order valence-corrected chi connectivity index (χ0v) is 9.70. The van der Waals surface area contributed by atoms with Crippen LogP contribution >= 0.6 is 12.2 Å². The van der Waals surface area contributed by atoms with E-state index in [4.69, 9.17) is 18.0 Å². The third kappa shape index (κ3) is 2.89. The largest absolute Gasteiger partial charge is 0.389 e. The van der Waals surface area contributed by atoms with Gasteiger partial charge in [0, 0.05) is 11.7 Å². The van der Waals surface area contributed by atoms with E-state index in [0.29, 0.717) is 11.3 Å². The van der Waals surface area contributed by atoms with Crippen molar-refractivity contribution < 1.29 is 4.39 Å². The second-order valence-corrected chi connectivity index (χ2v) is 3.92. The Morgan fingerprint density at radius 1 is 1.60 bits per heavy atom. The highest BCUT2D eigenvalue weighted by Crippen LogP contribution is 2.20. The average Bonchev–Trinajstić information content (AvgIpc) is 2.17. The van der Waals surface area contributed by atoms with Crippen molar-refractivity contribution in [1.82, 2.24) is 0 Å². The van der Waals surface area contributed by atoms with Gasteiger partial charge in [0.2, 0.25) is 0 Å². The van der Waals surface area contributed by atoms with Crippen LogP contribution in [0, 0.1) is 5.82 Å². The fraction of sp³-hybridized carbons (Fsp3) is 0.364. The van der Waals surface area contributed by atoms with Crippen molar-refractivity contribution in [3.8, 4) is 0 Å². The number of nitrogens with two attached hydrogens (primary N) is 1. The van der Waals surface area contributed by atoms with Crippen LogP contribution in [0.3, 0.4) is 0 Å². The quantitative estimate of drug-likeness (QED) is 0.775. The first-order chi connectivity index (χ1) is 7.06. The first kappa shape index (κ1) is 11.9. The second kappa shape index (κ2) is 5.07. The predicted molar refractivity (Wildman–Crippen MR) is 65.7 cm³/mol. The highest BCUT2D eigenvalue weighted by Gasteiger charge is 2.11. The van der Waals surface area contributed by atoms with Gasteiger partial charge in [0.1, 0.15) is 10.8 Å². The molecule has 0 aliphatic rings. The molecule has 3 N–H and O–H groups in total. The van der Waals surface area contributed by atoms with Gasteiger partial charge in [0.05, 0.1) is 5.56 Å². The molecule has 1 unspecified atom stereocenters.